The highest BCUT2D eigenvalue weighted by Gasteiger charge is 2.13. The van der Waals surface area contributed by atoms with E-state index in [1.165, 1.54) is 12.1 Å². The first-order valence-corrected chi connectivity index (χ1v) is 7.37. The van der Waals surface area contributed by atoms with Gasteiger partial charge in [0.15, 0.2) is 6.61 Å². The lowest BCUT2D eigenvalue weighted by atomic mass is 10.1. The van der Waals surface area contributed by atoms with Crippen LogP contribution in [0.25, 0.3) is 0 Å². The van der Waals surface area contributed by atoms with Gasteiger partial charge in [0.25, 0.3) is 5.91 Å². The summed E-state index contributed by atoms with van der Waals surface area (Å²) in [6.45, 7) is -0.585. The Morgan fingerprint density at radius 3 is 2.22 bits per heavy atom. The van der Waals surface area contributed by atoms with Gasteiger partial charge in [0.2, 0.25) is 0 Å². The molecule has 0 aromatic heterocycles. The maximum atomic E-state index is 11.8. The molecule has 0 saturated heterocycles. The third-order valence-corrected chi connectivity index (χ3v) is 3.56. The van der Waals surface area contributed by atoms with Gasteiger partial charge in [-0.05, 0) is 29.8 Å². The molecule has 0 bridgehead atoms. The Bertz CT molecular complexity index is 696. The summed E-state index contributed by atoms with van der Waals surface area (Å²) in [5.74, 6) is -1.20. The molecule has 0 spiro atoms. The second kappa shape index (κ2) is 7.97. The summed E-state index contributed by atoms with van der Waals surface area (Å²) in [6, 6.07) is 11.0. The molecule has 5 nitrogen and oxygen atoms in total. The van der Waals surface area contributed by atoms with Crippen LogP contribution in [0.1, 0.15) is 15.9 Å². The monoisotopic (exact) mass is 353 g/mol. The summed E-state index contributed by atoms with van der Waals surface area (Å²) in [5.41, 5.74) is 1.22. The Morgan fingerprint density at radius 2 is 1.65 bits per heavy atom. The second-order valence-corrected chi connectivity index (χ2v) is 5.39. The predicted molar refractivity (Wildman–Crippen MR) is 87.7 cm³/mol. The van der Waals surface area contributed by atoms with Crippen LogP contribution in [-0.4, -0.2) is 23.6 Å². The molecule has 7 heteroatoms. The number of halogens is 2. The number of ether oxygens (including phenoxy) is 1. The zero-order chi connectivity index (χ0) is 16.8. The van der Waals surface area contributed by atoms with E-state index in [1.54, 1.807) is 30.3 Å². The molecule has 0 fully saturated rings. The molecule has 120 valence electrons. The molecule has 0 aliphatic rings. The number of nitrogens with one attached hydrogen (secondary N) is 1. The van der Waals surface area contributed by atoms with Gasteiger partial charge in [-0.15, -0.1) is 0 Å². The number of amides is 1. The van der Waals surface area contributed by atoms with Gasteiger partial charge in [-0.1, -0.05) is 41.4 Å². The summed E-state index contributed by atoms with van der Waals surface area (Å²) in [4.78, 5) is 23.6. The number of para-hydroxylation sites is 1. The van der Waals surface area contributed by atoms with Gasteiger partial charge in [-0.3, -0.25) is 4.79 Å². The standard InChI is InChI=1S/C16H13Cl2NO4/c17-12-2-1-3-13(18)15(12)19-14(21)9-23-16(22)11-6-4-10(8-20)5-7-11/h1-7,20H,8-9H2,(H,19,21). The van der Waals surface area contributed by atoms with E-state index < -0.39 is 18.5 Å². The van der Waals surface area contributed by atoms with Crippen molar-refractivity contribution in [1.29, 1.82) is 0 Å². The lowest BCUT2D eigenvalue weighted by molar-refractivity contribution is -0.119. The van der Waals surface area contributed by atoms with Gasteiger partial charge in [0, 0.05) is 0 Å². The van der Waals surface area contributed by atoms with Crippen molar-refractivity contribution in [1.82, 2.24) is 0 Å². The Labute approximate surface area is 142 Å². The van der Waals surface area contributed by atoms with E-state index in [0.717, 1.165) is 0 Å². The Balaban J connectivity index is 1.92. The average Bonchev–Trinajstić information content (AvgIpc) is 2.56. The number of rotatable bonds is 5. The quantitative estimate of drug-likeness (QED) is 0.808. The van der Waals surface area contributed by atoms with Crippen LogP contribution < -0.4 is 5.32 Å². The number of aliphatic hydroxyl groups is 1. The topological polar surface area (TPSA) is 75.6 Å². The van der Waals surface area contributed by atoms with Crippen molar-refractivity contribution in [2.75, 3.05) is 11.9 Å². The Morgan fingerprint density at radius 1 is 1.04 bits per heavy atom. The van der Waals surface area contributed by atoms with Crippen LogP contribution in [0, 0.1) is 0 Å². The number of carbonyl (C=O) groups excluding carboxylic acids is 2. The smallest absolute Gasteiger partial charge is 0.338 e. The summed E-state index contributed by atoms with van der Waals surface area (Å²) in [6.07, 6.45) is 0. The first-order valence-electron chi connectivity index (χ1n) is 6.62. The molecule has 0 unspecified atom stereocenters. The zero-order valence-electron chi connectivity index (χ0n) is 11.9. The molecular weight excluding hydrogens is 341 g/mol. The molecule has 0 atom stereocenters. The fourth-order valence-corrected chi connectivity index (χ4v) is 2.25. The fraction of sp³-hybridized carbons (Fsp3) is 0.125. The van der Waals surface area contributed by atoms with Crippen LogP contribution in [0.4, 0.5) is 5.69 Å². The molecule has 0 heterocycles. The lowest BCUT2D eigenvalue weighted by Gasteiger charge is -2.09. The van der Waals surface area contributed by atoms with E-state index in [1.807, 2.05) is 0 Å². The number of esters is 1. The highest BCUT2D eigenvalue weighted by molar-refractivity contribution is 6.39. The normalized spacial score (nSPS) is 10.2. The molecule has 2 N–H and O–H groups in total. The van der Waals surface area contributed by atoms with Crippen LogP contribution in [0.5, 0.6) is 0 Å². The number of hydrogen-bond donors (Lipinski definition) is 2. The van der Waals surface area contributed by atoms with Crippen molar-refractivity contribution in [3.63, 3.8) is 0 Å². The summed E-state index contributed by atoms with van der Waals surface area (Å²) in [5, 5.41) is 12.0. The first-order chi connectivity index (χ1) is 11.0. The van der Waals surface area contributed by atoms with Gasteiger partial charge in [0.05, 0.1) is 27.9 Å². The molecule has 2 rings (SSSR count). The van der Waals surface area contributed by atoms with Crippen LogP contribution in [0.2, 0.25) is 10.0 Å². The minimum Gasteiger partial charge on any atom is -0.452 e. The molecule has 0 saturated carbocycles. The van der Waals surface area contributed by atoms with Crippen molar-refractivity contribution < 1.29 is 19.4 Å². The minimum absolute atomic E-state index is 0.115. The summed E-state index contributed by atoms with van der Waals surface area (Å²) >= 11 is 11.9. The summed E-state index contributed by atoms with van der Waals surface area (Å²) in [7, 11) is 0. The van der Waals surface area contributed by atoms with E-state index in [0.29, 0.717) is 5.56 Å². The molecule has 1 amide bonds. The second-order valence-electron chi connectivity index (χ2n) is 4.58. The van der Waals surface area contributed by atoms with E-state index in [2.05, 4.69) is 5.32 Å². The Hall–Kier alpha value is -2.08. The highest BCUT2D eigenvalue weighted by atomic mass is 35.5. The molecule has 2 aromatic carbocycles. The molecule has 0 aliphatic heterocycles. The van der Waals surface area contributed by atoms with Crippen molar-refractivity contribution in [2.45, 2.75) is 6.61 Å². The maximum absolute atomic E-state index is 11.8. The molecule has 2 aromatic rings. The maximum Gasteiger partial charge on any atom is 0.338 e. The van der Waals surface area contributed by atoms with E-state index in [-0.39, 0.29) is 27.9 Å². The largest absolute Gasteiger partial charge is 0.452 e. The minimum atomic E-state index is -0.644. The van der Waals surface area contributed by atoms with Crippen molar-refractivity contribution in [2.24, 2.45) is 0 Å². The highest BCUT2D eigenvalue weighted by Crippen LogP contribution is 2.29. The van der Waals surface area contributed by atoms with E-state index >= 15 is 0 Å². The molecule has 23 heavy (non-hydrogen) atoms. The van der Waals surface area contributed by atoms with Gasteiger partial charge in [0.1, 0.15) is 0 Å². The first kappa shape index (κ1) is 17.3. The fourth-order valence-electron chi connectivity index (χ4n) is 1.75. The number of anilines is 1. The number of benzene rings is 2. The molecule has 0 radical (unpaired) electrons. The predicted octanol–water partition coefficient (Wildman–Crippen LogP) is 3.28. The van der Waals surface area contributed by atoms with E-state index in [9.17, 15) is 9.59 Å². The van der Waals surface area contributed by atoms with E-state index in [4.69, 9.17) is 33.0 Å². The average molecular weight is 354 g/mol. The number of carbonyl (C=O) groups is 2. The molecular formula is C16H13Cl2NO4. The van der Waals surface area contributed by atoms with Gasteiger partial charge < -0.3 is 15.2 Å². The van der Waals surface area contributed by atoms with Crippen LogP contribution in [0.3, 0.4) is 0 Å². The van der Waals surface area contributed by atoms with Gasteiger partial charge in [-0.25, -0.2) is 4.79 Å². The third-order valence-electron chi connectivity index (χ3n) is 2.93. The van der Waals surface area contributed by atoms with Gasteiger partial charge >= 0.3 is 5.97 Å². The lowest BCUT2D eigenvalue weighted by Crippen LogP contribution is -2.21. The van der Waals surface area contributed by atoms with Crippen LogP contribution in [-0.2, 0) is 16.1 Å². The number of aliphatic hydroxyl groups excluding tert-OH is 1. The SMILES string of the molecule is O=C(COC(=O)c1ccc(CO)cc1)Nc1c(Cl)cccc1Cl. The number of hydrogen-bond acceptors (Lipinski definition) is 4. The van der Waals surface area contributed by atoms with Crippen LogP contribution >= 0.6 is 23.2 Å². The summed E-state index contributed by atoms with van der Waals surface area (Å²) < 4.78 is 4.92. The third kappa shape index (κ3) is 4.69. The van der Waals surface area contributed by atoms with Gasteiger partial charge in [-0.2, -0.15) is 0 Å². The van der Waals surface area contributed by atoms with Crippen molar-refractivity contribution >= 4 is 40.8 Å². The molecule has 0 aliphatic carbocycles. The zero-order valence-corrected chi connectivity index (χ0v) is 13.4. The van der Waals surface area contributed by atoms with Crippen molar-refractivity contribution in [3.05, 3.63) is 63.6 Å². The van der Waals surface area contributed by atoms with Crippen LogP contribution in [0.15, 0.2) is 42.5 Å². The van der Waals surface area contributed by atoms with Crippen molar-refractivity contribution in [3.8, 4) is 0 Å². The Kier molecular flexibility index (Phi) is 5.98.